The fourth-order valence-corrected chi connectivity index (χ4v) is 9.19. The summed E-state index contributed by atoms with van der Waals surface area (Å²) < 4.78 is 93.1. The van der Waals surface area contributed by atoms with E-state index in [1.807, 2.05) is 0 Å². The van der Waals surface area contributed by atoms with Crippen LogP contribution in [0.4, 0.5) is 13.2 Å². The highest BCUT2D eigenvalue weighted by molar-refractivity contribution is 7.87. The second kappa shape index (κ2) is 8.83. The largest absolute Gasteiger partial charge is 0.523 e. The number of carbonyl (C=O) groups is 3. The van der Waals surface area contributed by atoms with E-state index in [4.69, 9.17) is 23.1 Å². The number of hydrogen-bond donors (Lipinski definition) is 2. The summed E-state index contributed by atoms with van der Waals surface area (Å²) in [4.78, 5) is 37.9. The van der Waals surface area contributed by atoms with Gasteiger partial charge in [-0.3, -0.25) is 8.98 Å². The third-order valence-electron chi connectivity index (χ3n) is 9.92. The van der Waals surface area contributed by atoms with Crippen molar-refractivity contribution in [2.75, 3.05) is 7.11 Å². The fourth-order valence-electron chi connectivity index (χ4n) is 8.58. The fraction of sp³-hybridized carbons (Fsp3) is 0.875. The molecular formula is C24H33F3O12S. The van der Waals surface area contributed by atoms with Gasteiger partial charge in [-0.2, -0.15) is 21.6 Å². The van der Waals surface area contributed by atoms with E-state index in [9.17, 15) is 46.2 Å². The molecule has 4 aliphatic rings. The van der Waals surface area contributed by atoms with Crippen molar-refractivity contribution in [2.45, 2.75) is 89.5 Å². The van der Waals surface area contributed by atoms with E-state index < -0.39 is 97.5 Å². The minimum atomic E-state index is -6.34. The maximum absolute atomic E-state index is 13.6. The van der Waals surface area contributed by atoms with Crippen molar-refractivity contribution in [3.8, 4) is 0 Å². The summed E-state index contributed by atoms with van der Waals surface area (Å²) in [6, 6.07) is 0. The van der Waals surface area contributed by atoms with Crippen molar-refractivity contribution >= 4 is 28.8 Å². The summed E-state index contributed by atoms with van der Waals surface area (Å²) in [5.41, 5.74) is -16.0. The molecule has 0 aromatic rings. The second-order valence-electron chi connectivity index (χ2n) is 12.4. The summed E-state index contributed by atoms with van der Waals surface area (Å²) in [6.45, 7) is 9.07. The number of halogens is 3. The van der Waals surface area contributed by atoms with Crippen molar-refractivity contribution in [1.29, 1.82) is 0 Å². The van der Waals surface area contributed by atoms with Crippen LogP contribution in [0.3, 0.4) is 0 Å². The normalized spacial score (nSPS) is 46.6. The van der Waals surface area contributed by atoms with E-state index in [0.717, 1.165) is 7.11 Å². The van der Waals surface area contributed by atoms with Crippen LogP contribution in [0, 0.1) is 33.5 Å². The Morgan fingerprint density at radius 3 is 2.10 bits per heavy atom. The number of aliphatic hydroxyl groups excluding tert-OH is 2. The summed E-state index contributed by atoms with van der Waals surface area (Å²) >= 11 is 0. The van der Waals surface area contributed by atoms with Crippen LogP contribution in [0.15, 0.2) is 0 Å². The van der Waals surface area contributed by atoms with Gasteiger partial charge in [0.2, 0.25) is 6.29 Å². The third-order valence-corrected chi connectivity index (χ3v) is 11.0. The van der Waals surface area contributed by atoms with Gasteiger partial charge in [0, 0.05) is 18.4 Å². The predicted octanol–water partition coefficient (Wildman–Crippen LogP) is 0.675. The average molecular weight is 603 g/mol. The number of esters is 1. The standard InChI is InChI=1S/C24H33F3O12S/c1-10(2)20(6)16(36-9-29)13(30)23-15(35-7)11(39-40(33,34)24(25,26)27)12(19(3,4)5)22(23)14(31)17(32)37-18(22)38-21(20,23)8-28/h8-16,18,30-31H,1-7H3/t11-,12+,13+,14+,15?,16?,18?,20+,21?,22?,23?/m1/s1. The molecule has 2 aliphatic carbocycles. The van der Waals surface area contributed by atoms with Crippen LogP contribution >= 0.6 is 0 Å². The number of hydrogen-bond acceptors (Lipinski definition) is 12. The van der Waals surface area contributed by atoms with Gasteiger partial charge in [-0.25, -0.2) is 4.79 Å². The molecule has 4 fully saturated rings. The topological polar surface area (TPSA) is 172 Å². The lowest BCUT2D eigenvalue weighted by molar-refractivity contribution is -0.229. The minimum Gasteiger partial charge on any atom is -0.461 e. The van der Waals surface area contributed by atoms with E-state index in [-0.39, 0.29) is 12.8 Å². The van der Waals surface area contributed by atoms with Gasteiger partial charge in [-0.1, -0.05) is 41.5 Å². The summed E-state index contributed by atoms with van der Waals surface area (Å²) in [5, 5.41) is 23.7. The molecule has 6 unspecified atom stereocenters. The molecule has 0 amide bonds. The lowest BCUT2D eigenvalue weighted by Crippen LogP contribution is -2.66. The SMILES string of the molecule is COC1[C@H](OS(=O)(=O)C(F)(F)F)[C@@H](C(C)(C)C)C23C(OC(=O)[C@@H]2O)OC2(C=O)C13[C@@H](O)C(OC=O)[C@]2(C)C(C)C. The number of aldehydes is 1. The Kier molecular flexibility index (Phi) is 6.86. The van der Waals surface area contributed by atoms with Gasteiger partial charge in [0.15, 0.2) is 12.4 Å². The van der Waals surface area contributed by atoms with Crippen LogP contribution < -0.4 is 0 Å². The van der Waals surface area contributed by atoms with Crippen LogP contribution in [0.5, 0.6) is 0 Å². The molecule has 2 N–H and O–H groups in total. The molecule has 0 radical (unpaired) electrons. The summed E-state index contributed by atoms with van der Waals surface area (Å²) in [7, 11) is -5.36. The maximum Gasteiger partial charge on any atom is 0.523 e. The van der Waals surface area contributed by atoms with Gasteiger partial charge in [0.1, 0.15) is 23.9 Å². The van der Waals surface area contributed by atoms with E-state index in [0.29, 0.717) is 0 Å². The van der Waals surface area contributed by atoms with Crippen LogP contribution in [0.2, 0.25) is 0 Å². The lowest BCUT2D eigenvalue weighted by Gasteiger charge is -2.50. The Morgan fingerprint density at radius 2 is 1.68 bits per heavy atom. The summed E-state index contributed by atoms with van der Waals surface area (Å²) in [5.74, 6) is -3.56. The van der Waals surface area contributed by atoms with E-state index in [2.05, 4.69) is 0 Å². The molecular weight excluding hydrogens is 569 g/mol. The quantitative estimate of drug-likeness (QED) is 0.181. The highest BCUT2D eigenvalue weighted by atomic mass is 32.2. The first kappa shape index (κ1) is 31.1. The smallest absolute Gasteiger partial charge is 0.461 e. The zero-order valence-corrected chi connectivity index (χ0v) is 23.6. The molecule has 40 heavy (non-hydrogen) atoms. The number of aliphatic hydroxyl groups is 2. The van der Waals surface area contributed by atoms with Crippen molar-refractivity contribution in [2.24, 2.45) is 33.5 Å². The minimum absolute atomic E-state index is 0.00167. The van der Waals surface area contributed by atoms with Gasteiger partial charge >= 0.3 is 21.6 Å². The van der Waals surface area contributed by atoms with E-state index in [1.165, 1.54) is 27.7 Å². The van der Waals surface area contributed by atoms with E-state index in [1.54, 1.807) is 13.8 Å². The number of methoxy groups -OCH3 is 1. The van der Waals surface area contributed by atoms with Crippen LogP contribution in [-0.2, 0) is 47.6 Å². The monoisotopic (exact) mass is 602 g/mol. The van der Waals surface area contributed by atoms with E-state index >= 15 is 0 Å². The number of ether oxygens (including phenoxy) is 4. The Balaban J connectivity index is 2.21. The van der Waals surface area contributed by atoms with Crippen LogP contribution in [0.1, 0.15) is 41.5 Å². The Morgan fingerprint density at radius 1 is 1.10 bits per heavy atom. The van der Waals surface area contributed by atoms with Gasteiger partial charge in [0.05, 0.1) is 16.9 Å². The van der Waals surface area contributed by atoms with Gasteiger partial charge in [-0.05, 0) is 11.3 Å². The second-order valence-corrected chi connectivity index (χ2v) is 14.0. The number of alkyl halides is 3. The third kappa shape index (κ3) is 3.09. The van der Waals surface area contributed by atoms with Crippen molar-refractivity contribution in [1.82, 2.24) is 0 Å². The maximum atomic E-state index is 13.6. The zero-order valence-electron chi connectivity index (χ0n) is 22.8. The Hall–Kier alpha value is -1.85. The zero-order chi connectivity index (χ0) is 30.6. The molecule has 16 heteroatoms. The van der Waals surface area contributed by atoms with Gasteiger partial charge in [-0.15, -0.1) is 0 Å². The first-order chi connectivity index (χ1) is 18.2. The molecule has 2 saturated heterocycles. The molecule has 4 rings (SSSR count). The molecule has 12 nitrogen and oxygen atoms in total. The molecule has 0 bridgehead atoms. The molecule has 0 aromatic heterocycles. The molecule has 2 aliphatic heterocycles. The van der Waals surface area contributed by atoms with Crippen molar-refractivity contribution in [3.63, 3.8) is 0 Å². The van der Waals surface area contributed by atoms with Crippen LogP contribution in [0.25, 0.3) is 0 Å². The highest BCUT2D eigenvalue weighted by Gasteiger charge is 2.98. The van der Waals surface area contributed by atoms with Crippen molar-refractivity contribution < 1.29 is 69.3 Å². The summed E-state index contributed by atoms with van der Waals surface area (Å²) in [6.07, 6.45) is -11.6. The molecule has 0 aromatic carbocycles. The molecule has 2 heterocycles. The number of rotatable bonds is 7. The highest BCUT2D eigenvalue weighted by Crippen LogP contribution is 2.83. The van der Waals surface area contributed by atoms with Gasteiger partial charge < -0.3 is 34.0 Å². The first-order valence-corrected chi connectivity index (χ1v) is 13.9. The Labute approximate surface area is 228 Å². The molecule has 2 saturated carbocycles. The first-order valence-electron chi connectivity index (χ1n) is 12.5. The number of carbonyl (C=O) groups excluding carboxylic acids is 3. The molecule has 228 valence electrons. The predicted molar refractivity (Wildman–Crippen MR) is 124 cm³/mol. The van der Waals surface area contributed by atoms with Crippen molar-refractivity contribution in [3.05, 3.63) is 0 Å². The molecule has 11 atom stereocenters. The van der Waals surface area contributed by atoms with Crippen LogP contribution in [-0.4, -0.2) is 92.4 Å². The van der Waals surface area contributed by atoms with Gasteiger partial charge in [0.25, 0.3) is 6.47 Å². The lowest BCUT2D eigenvalue weighted by atomic mass is 9.49. The Bertz CT molecular complexity index is 1200. The molecule has 2 spiro atoms. The average Bonchev–Trinajstić information content (AvgIpc) is 3.37.